The first-order chi connectivity index (χ1) is 10.3. The Labute approximate surface area is 128 Å². The van der Waals surface area contributed by atoms with E-state index >= 15 is 0 Å². The Morgan fingerprint density at radius 1 is 1.29 bits per heavy atom. The third-order valence-electron chi connectivity index (χ3n) is 4.64. The summed E-state index contributed by atoms with van der Waals surface area (Å²) < 4.78 is 0. The van der Waals surface area contributed by atoms with Gasteiger partial charge in [0.2, 0.25) is 0 Å². The fourth-order valence-corrected chi connectivity index (χ4v) is 3.50. The van der Waals surface area contributed by atoms with Crippen molar-refractivity contribution in [1.29, 1.82) is 0 Å². The molecule has 4 heteroatoms. The molecule has 3 rings (SSSR count). The molecule has 21 heavy (non-hydrogen) atoms. The summed E-state index contributed by atoms with van der Waals surface area (Å²) in [4.78, 5) is 6.98. The topological polar surface area (TPSA) is 40.2 Å². The zero-order valence-corrected chi connectivity index (χ0v) is 13.1. The van der Waals surface area contributed by atoms with Gasteiger partial charge >= 0.3 is 0 Å². The molecule has 3 heterocycles. The maximum atomic E-state index is 4.61. The van der Waals surface area contributed by atoms with E-state index in [2.05, 4.69) is 39.6 Å². The van der Waals surface area contributed by atoms with E-state index < -0.39 is 0 Å². The van der Waals surface area contributed by atoms with Gasteiger partial charge in [-0.25, -0.2) is 4.98 Å². The van der Waals surface area contributed by atoms with Gasteiger partial charge in [0, 0.05) is 25.2 Å². The molecule has 2 N–H and O–H groups in total. The lowest BCUT2D eigenvalue weighted by Gasteiger charge is -2.27. The zero-order valence-electron chi connectivity index (χ0n) is 13.1. The largest absolute Gasteiger partial charge is 0.381 e. The SMILES string of the molecule is CC(CC1CCCCN1)Nc1ccc(N2CCCC2)nc1. The van der Waals surface area contributed by atoms with Crippen molar-refractivity contribution in [3.63, 3.8) is 0 Å². The van der Waals surface area contributed by atoms with Gasteiger partial charge in [-0.3, -0.25) is 0 Å². The van der Waals surface area contributed by atoms with Crippen LogP contribution >= 0.6 is 0 Å². The Bertz CT molecular complexity index is 419. The van der Waals surface area contributed by atoms with Gasteiger partial charge in [0.15, 0.2) is 0 Å². The quantitative estimate of drug-likeness (QED) is 0.874. The highest BCUT2D eigenvalue weighted by Gasteiger charge is 2.16. The second kappa shape index (κ2) is 7.12. The molecule has 0 aromatic carbocycles. The van der Waals surface area contributed by atoms with Crippen LogP contribution < -0.4 is 15.5 Å². The van der Waals surface area contributed by atoms with E-state index in [1.165, 1.54) is 45.1 Å². The predicted octanol–water partition coefficient (Wildman–Crippen LogP) is 3.01. The van der Waals surface area contributed by atoms with Crippen LogP contribution in [-0.2, 0) is 0 Å². The average Bonchev–Trinajstić information content (AvgIpc) is 3.03. The summed E-state index contributed by atoms with van der Waals surface area (Å²) in [6.07, 6.45) is 9.79. The first-order valence-electron chi connectivity index (χ1n) is 8.52. The number of nitrogens with zero attached hydrogens (tertiary/aromatic N) is 2. The van der Waals surface area contributed by atoms with Crippen molar-refractivity contribution in [2.75, 3.05) is 29.9 Å². The third-order valence-corrected chi connectivity index (χ3v) is 4.64. The maximum Gasteiger partial charge on any atom is 0.128 e. The maximum absolute atomic E-state index is 4.61. The first kappa shape index (κ1) is 14.6. The van der Waals surface area contributed by atoms with E-state index in [-0.39, 0.29) is 0 Å². The Hall–Kier alpha value is -1.29. The van der Waals surface area contributed by atoms with Crippen molar-refractivity contribution in [1.82, 2.24) is 10.3 Å². The Morgan fingerprint density at radius 3 is 2.81 bits per heavy atom. The van der Waals surface area contributed by atoms with Crippen molar-refractivity contribution in [2.45, 2.75) is 57.5 Å². The molecule has 0 saturated carbocycles. The van der Waals surface area contributed by atoms with Gasteiger partial charge in [-0.2, -0.15) is 0 Å². The van der Waals surface area contributed by atoms with E-state index in [9.17, 15) is 0 Å². The number of hydrogen-bond donors (Lipinski definition) is 2. The predicted molar refractivity (Wildman–Crippen MR) is 89.0 cm³/mol. The second-order valence-corrected chi connectivity index (χ2v) is 6.53. The molecule has 2 aliphatic rings. The molecule has 116 valence electrons. The van der Waals surface area contributed by atoms with Crippen LogP contribution in [0, 0.1) is 0 Å². The summed E-state index contributed by atoms with van der Waals surface area (Å²) in [5.74, 6) is 1.12. The first-order valence-corrected chi connectivity index (χ1v) is 8.52. The monoisotopic (exact) mass is 288 g/mol. The molecule has 2 fully saturated rings. The Kier molecular flexibility index (Phi) is 4.96. The Balaban J connectivity index is 1.49. The van der Waals surface area contributed by atoms with Crippen LogP contribution in [-0.4, -0.2) is 36.7 Å². The average molecular weight is 288 g/mol. The van der Waals surface area contributed by atoms with Crippen LogP contribution in [0.2, 0.25) is 0 Å². The van der Waals surface area contributed by atoms with Crippen molar-refractivity contribution in [3.8, 4) is 0 Å². The molecule has 2 saturated heterocycles. The smallest absolute Gasteiger partial charge is 0.128 e. The number of piperidine rings is 1. The molecule has 2 aliphatic heterocycles. The minimum absolute atomic E-state index is 0.486. The second-order valence-electron chi connectivity index (χ2n) is 6.53. The van der Waals surface area contributed by atoms with E-state index in [1.54, 1.807) is 0 Å². The van der Waals surface area contributed by atoms with Gasteiger partial charge in [-0.05, 0) is 57.7 Å². The Morgan fingerprint density at radius 2 is 2.14 bits per heavy atom. The lowest BCUT2D eigenvalue weighted by molar-refractivity contribution is 0.371. The lowest BCUT2D eigenvalue weighted by Crippen LogP contribution is -2.37. The number of rotatable bonds is 5. The summed E-state index contributed by atoms with van der Waals surface area (Å²) >= 11 is 0. The van der Waals surface area contributed by atoms with E-state index in [0.29, 0.717) is 12.1 Å². The fraction of sp³-hybridized carbons (Fsp3) is 0.706. The molecule has 0 spiro atoms. The summed E-state index contributed by atoms with van der Waals surface area (Å²) in [7, 11) is 0. The third kappa shape index (κ3) is 4.10. The molecule has 2 atom stereocenters. The van der Waals surface area contributed by atoms with Crippen LogP contribution in [0.15, 0.2) is 18.3 Å². The molecule has 0 radical (unpaired) electrons. The highest BCUT2D eigenvalue weighted by atomic mass is 15.2. The molecular formula is C17H28N4. The molecule has 4 nitrogen and oxygen atoms in total. The van der Waals surface area contributed by atoms with E-state index in [1.807, 2.05) is 6.20 Å². The summed E-state index contributed by atoms with van der Waals surface area (Å²) in [6.45, 7) is 5.77. The molecule has 0 aliphatic carbocycles. The van der Waals surface area contributed by atoms with E-state index in [4.69, 9.17) is 0 Å². The number of pyridine rings is 1. The standard InChI is InChI=1S/C17H28N4/c1-14(12-15-6-2-3-9-18-15)20-16-7-8-17(19-13-16)21-10-4-5-11-21/h7-8,13-15,18,20H,2-6,9-12H2,1H3. The number of aromatic nitrogens is 1. The zero-order chi connectivity index (χ0) is 14.5. The molecule has 0 amide bonds. The van der Waals surface area contributed by atoms with E-state index in [0.717, 1.165) is 24.6 Å². The minimum atomic E-state index is 0.486. The minimum Gasteiger partial charge on any atom is -0.381 e. The fourth-order valence-electron chi connectivity index (χ4n) is 3.50. The van der Waals surface area contributed by atoms with Gasteiger partial charge in [0.25, 0.3) is 0 Å². The van der Waals surface area contributed by atoms with Crippen LogP contribution in [0.1, 0.15) is 45.4 Å². The molecule has 1 aromatic rings. The summed E-state index contributed by atoms with van der Waals surface area (Å²) in [6, 6.07) is 5.49. The van der Waals surface area contributed by atoms with Gasteiger partial charge < -0.3 is 15.5 Å². The highest BCUT2D eigenvalue weighted by Crippen LogP contribution is 2.20. The van der Waals surface area contributed by atoms with Gasteiger partial charge in [-0.1, -0.05) is 6.42 Å². The van der Waals surface area contributed by atoms with Gasteiger partial charge in [0.1, 0.15) is 5.82 Å². The van der Waals surface area contributed by atoms with Crippen molar-refractivity contribution >= 4 is 11.5 Å². The van der Waals surface area contributed by atoms with Gasteiger partial charge in [-0.15, -0.1) is 0 Å². The summed E-state index contributed by atoms with van der Waals surface area (Å²) in [5.41, 5.74) is 1.14. The number of nitrogens with one attached hydrogen (secondary N) is 2. The van der Waals surface area contributed by atoms with Crippen molar-refractivity contribution < 1.29 is 0 Å². The van der Waals surface area contributed by atoms with Crippen LogP contribution in [0.4, 0.5) is 11.5 Å². The highest BCUT2D eigenvalue weighted by molar-refractivity contribution is 5.49. The lowest BCUT2D eigenvalue weighted by atomic mass is 9.99. The van der Waals surface area contributed by atoms with Gasteiger partial charge in [0.05, 0.1) is 11.9 Å². The normalized spacial score (nSPS) is 24.0. The number of hydrogen-bond acceptors (Lipinski definition) is 4. The molecule has 1 aromatic heterocycles. The van der Waals surface area contributed by atoms with Crippen molar-refractivity contribution in [3.05, 3.63) is 18.3 Å². The number of anilines is 2. The van der Waals surface area contributed by atoms with Crippen molar-refractivity contribution in [2.24, 2.45) is 0 Å². The van der Waals surface area contributed by atoms with Crippen LogP contribution in [0.25, 0.3) is 0 Å². The van der Waals surface area contributed by atoms with Crippen LogP contribution in [0.5, 0.6) is 0 Å². The summed E-state index contributed by atoms with van der Waals surface area (Å²) in [5, 5.41) is 7.21. The molecular weight excluding hydrogens is 260 g/mol. The molecule has 2 unspecified atom stereocenters. The molecule has 0 bridgehead atoms. The van der Waals surface area contributed by atoms with Crippen LogP contribution in [0.3, 0.4) is 0 Å².